The van der Waals surface area contributed by atoms with Crippen molar-refractivity contribution in [3.63, 3.8) is 0 Å². The van der Waals surface area contributed by atoms with Gasteiger partial charge in [0, 0.05) is 6.54 Å². The van der Waals surface area contributed by atoms with E-state index >= 15 is 0 Å². The number of benzene rings is 1. The van der Waals surface area contributed by atoms with Crippen LogP contribution < -0.4 is 11.1 Å². The quantitative estimate of drug-likeness (QED) is 0.714. The van der Waals surface area contributed by atoms with Gasteiger partial charge in [0.1, 0.15) is 0 Å². The number of anilines is 1. The van der Waals surface area contributed by atoms with Crippen LogP contribution in [0.15, 0.2) is 24.3 Å². The SMILES string of the molecule is NCCCCNc1ccccc1Cl. The van der Waals surface area contributed by atoms with Gasteiger partial charge in [-0.25, -0.2) is 0 Å². The molecule has 0 amide bonds. The second-order valence-corrected chi connectivity index (χ2v) is 3.31. The van der Waals surface area contributed by atoms with Gasteiger partial charge in [-0.15, -0.1) is 0 Å². The Morgan fingerprint density at radius 3 is 2.69 bits per heavy atom. The normalized spacial score (nSPS) is 10.0. The van der Waals surface area contributed by atoms with E-state index in [1.165, 1.54) is 0 Å². The average Bonchev–Trinajstić information content (AvgIpc) is 2.15. The number of nitrogens with two attached hydrogens (primary N) is 1. The molecule has 0 spiro atoms. The molecule has 0 unspecified atom stereocenters. The number of unbranched alkanes of at least 4 members (excludes halogenated alkanes) is 1. The summed E-state index contributed by atoms with van der Waals surface area (Å²) in [6.45, 7) is 1.69. The van der Waals surface area contributed by atoms with Crippen molar-refractivity contribution in [1.29, 1.82) is 0 Å². The molecule has 0 aliphatic rings. The van der Waals surface area contributed by atoms with E-state index in [-0.39, 0.29) is 0 Å². The van der Waals surface area contributed by atoms with Gasteiger partial charge in [0.25, 0.3) is 0 Å². The molecule has 0 radical (unpaired) electrons. The number of para-hydroxylation sites is 1. The van der Waals surface area contributed by atoms with Gasteiger partial charge in [-0.05, 0) is 31.5 Å². The van der Waals surface area contributed by atoms with Crippen molar-refractivity contribution in [2.24, 2.45) is 5.73 Å². The van der Waals surface area contributed by atoms with E-state index in [0.29, 0.717) is 0 Å². The smallest absolute Gasteiger partial charge is 0.0637 e. The van der Waals surface area contributed by atoms with E-state index in [1.54, 1.807) is 0 Å². The van der Waals surface area contributed by atoms with Gasteiger partial charge < -0.3 is 11.1 Å². The fourth-order valence-electron chi connectivity index (χ4n) is 1.10. The van der Waals surface area contributed by atoms with Gasteiger partial charge >= 0.3 is 0 Å². The molecule has 0 aliphatic carbocycles. The standard InChI is InChI=1S/C10H15ClN2/c11-9-5-1-2-6-10(9)13-8-4-3-7-12/h1-2,5-6,13H,3-4,7-8,12H2. The van der Waals surface area contributed by atoms with E-state index < -0.39 is 0 Å². The van der Waals surface area contributed by atoms with Crippen LogP contribution in [-0.2, 0) is 0 Å². The summed E-state index contributed by atoms with van der Waals surface area (Å²) in [5.41, 5.74) is 6.39. The Bertz CT molecular complexity index is 250. The molecule has 13 heavy (non-hydrogen) atoms. The number of halogens is 1. The first kappa shape index (κ1) is 10.4. The zero-order valence-corrected chi connectivity index (χ0v) is 8.35. The minimum atomic E-state index is 0.754. The predicted molar refractivity (Wildman–Crippen MR) is 58.2 cm³/mol. The Balaban J connectivity index is 2.32. The van der Waals surface area contributed by atoms with Crippen molar-refractivity contribution in [2.45, 2.75) is 12.8 Å². The fraction of sp³-hybridized carbons (Fsp3) is 0.400. The largest absolute Gasteiger partial charge is 0.384 e. The summed E-state index contributed by atoms with van der Waals surface area (Å²) in [5.74, 6) is 0. The first-order valence-electron chi connectivity index (χ1n) is 4.53. The highest BCUT2D eigenvalue weighted by Gasteiger charge is 1.95. The molecule has 3 N–H and O–H groups in total. The van der Waals surface area contributed by atoms with Crippen LogP contribution in [-0.4, -0.2) is 13.1 Å². The lowest BCUT2D eigenvalue weighted by molar-refractivity contribution is 0.774. The van der Waals surface area contributed by atoms with E-state index in [0.717, 1.165) is 36.6 Å². The third kappa shape index (κ3) is 3.66. The van der Waals surface area contributed by atoms with Crippen molar-refractivity contribution >= 4 is 17.3 Å². The maximum atomic E-state index is 5.95. The Morgan fingerprint density at radius 2 is 2.00 bits per heavy atom. The molecule has 0 aromatic heterocycles. The Morgan fingerprint density at radius 1 is 1.23 bits per heavy atom. The highest BCUT2D eigenvalue weighted by molar-refractivity contribution is 6.33. The van der Waals surface area contributed by atoms with Gasteiger partial charge in [0.2, 0.25) is 0 Å². The van der Waals surface area contributed by atoms with Crippen LogP contribution in [0.4, 0.5) is 5.69 Å². The van der Waals surface area contributed by atoms with E-state index in [1.807, 2.05) is 24.3 Å². The highest BCUT2D eigenvalue weighted by Crippen LogP contribution is 2.20. The summed E-state index contributed by atoms with van der Waals surface area (Å²) in [7, 11) is 0. The fourth-order valence-corrected chi connectivity index (χ4v) is 1.30. The maximum absolute atomic E-state index is 5.95. The van der Waals surface area contributed by atoms with Crippen LogP contribution in [0.25, 0.3) is 0 Å². The second kappa shape index (κ2) is 5.84. The van der Waals surface area contributed by atoms with E-state index in [9.17, 15) is 0 Å². The summed E-state index contributed by atoms with van der Waals surface area (Å²) in [4.78, 5) is 0. The lowest BCUT2D eigenvalue weighted by atomic mass is 10.3. The first-order chi connectivity index (χ1) is 6.34. The van der Waals surface area contributed by atoms with Crippen LogP contribution >= 0.6 is 11.6 Å². The topological polar surface area (TPSA) is 38.0 Å². The Kier molecular flexibility index (Phi) is 4.65. The molecule has 1 aromatic carbocycles. The zero-order chi connectivity index (χ0) is 9.52. The maximum Gasteiger partial charge on any atom is 0.0637 e. The molecular weight excluding hydrogens is 184 g/mol. The molecule has 0 saturated heterocycles. The van der Waals surface area contributed by atoms with Crippen molar-refractivity contribution in [3.8, 4) is 0 Å². The van der Waals surface area contributed by atoms with Gasteiger partial charge in [-0.3, -0.25) is 0 Å². The van der Waals surface area contributed by atoms with Crippen molar-refractivity contribution in [1.82, 2.24) is 0 Å². The monoisotopic (exact) mass is 198 g/mol. The van der Waals surface area contributed by atoms with Crippen molar-refractivity contribution in [2.75, 3.05) is 18.4 Å². The molecule has 0 atom stereocenters. The molecule has 1 aromatic rings. The summed E-state index contributed by atoms with van der Waals surface area (Å²) in [6.07, 6.45) is 2.14. The summed E-state index contributed by atoms with van der Waals surface area (Å²) in [5, 5.41) is 4.03. The van der Waals surface area contributed by atoms with Crippen LogP contribution in [0.3, 0.4) is 0 Å². The zero-order valence-electron chi connectivity index (χ0n) is 7.59. The summed E-state index contributed by atoms with van der Waals surface area (Å²) < 4.78 is 0. The predicted octanol–water partition coefficient (Wildman–Crippen LogP) is 2.49. The molecule has 0 fully saturated rings. The molecule has 0 saturated carbocycles. The van der Waals surface area contributed by atoms with Crippen molar-refractivity contribution < 1.29 is 0 Å². The molecule has 0 aliphatic heterocycles. The van der Waals surface area contributed by atoms with Gasteiger partial charge in [-0.1, -0.05) is 23.7 Å². The number of nitrogens with one attached hydrogen (secondary N) is 1. The average molecular weight is 199 g/mol. The molecule has 3 heteroatoms. The van der Waals surface area contributed by atoms with Crippen molar-refractivity contribution in [3.05, 3.63) is 29.3 Å². The van der Waals surface area contributed by atoms with Crippen LogP contribution in [0, 0.1) is 0 Å². The highest BCUT2D eigenvalue weighted by atomic mass is 35.5. The lowest BCUT2D eigenvalue weighted by Crippen LogP contribution is -2.05. The number of hydrogen-bond donors (Lipinski definition) is 2. The van der Waals surface area contributed by atoms with Gasteiger partial charge in [0.05, 0.1) is 10.7 Å². The first-order valence-corrected chi connectivity index (χ1v) is 4.91. The molecule has 0 bridgehead atoms. The third-order valence-electron chi connectivity index (χ3n) is 1.82. The van der Waals surface area contributed by atoms with E-state index in [2.05, 4.69) is 5.32 Å². The number of rotatable bonds is 5. The van der Waals surface area contributed by atoms with E-state index in [4.69, 9.17) is 17.3 Å². The molecule has 0 heterocycles. The van der Waals surface area contributed by atoms with Crippen LogP contribution in [0.1, 0.15) is 12.8 Å². The Hall–Kier alpha value is -0.730. The minimum Gasteiger partial charge on any atom is -0.384 e. The Labute approximate surface area is 84.1 Å². The summed E-state index contributed by atoms with van der Waals surface area (Å²) in [6, 6.07) is 7.75. The van der Waals surface area contributed by atoms with Crippen LogP contribution in [0.2, 0.25) is 5.02 Å². The third-order valence-corrected chi connectivity index (χ3v) is 2.15. The summed E-state index contributed by atoms with van der Waals surface area (Å²) >= 11 is 5.95. The molecule has 72 valence electrons. The van der Waals surface area contributed by atoms with Gasteiger partial charge in [0.15, 0.2) is 0 Å². The second-order valence-electron chi connectivity index (χ2n) is 2.90. The molecule has 2 nitrogen and oxygen atoms in total. The minimum absolute atomic E-state index is 0.754. The van der Waals surface area contributed by atoms with Crippen LogP contribution in [0.5, 0.6) is 0 Å². The lowest BCUT2D eigenvalue weighted by Gasteiger charge is -2.06. The molecule has 1 rings (SSSR count). The molecular formula is C10H15ClN2. The van der Waals surface area contributed by atoms with Gasteiger partial charge in [-0.2, -0.15) is 0 Å². The number of hydrogen-bond acceptors (Lipinski definition) is 2.